The van der Waals surface area contributed by atoms with Gasteiger partial charge in [0.1, 0.15) is 11.3 Å². The molecule has 0 radical (unpaired) electrons. The van der Waals surface area contributed by atoms with Crippen molar-refractivity contribution in [3.8, 4) is 5.75 Å². The molecule has 0 saturated carbocycles. The lowest BCUT2D eigenvalue weighted by atomic mass is 9.84. The highest BCUT2D eigenvalue weighted by Crippen LogP contribution is 2.29. The average Bonchev–Trinajstić information content (AvgIpc) is 3.14. The van der Waals surface area contributed by atoms with Gasteiger partial charge in [0.05, 0.1) is 19.6 Å². The molecule has 1 unspecified atom stereocenters. The predicted molar refractivity (Wildman–Crippen MR) is 126 cm³/mol. The Hall–Kier alpha value is -3.45. The first-order valence-electron chi connectivity index (χ1n) is 10.5. The van der Waals surface area contributed by atoms with Gasteiger partial charge in [-0.3, -0.25) is 4.79 Å². The molecule has 4 aromatic rings. The van der Waals surface area contributed by atoms with Crippen molar-refractivity contribution in [3.63, 3.8) is 0 Å². The molecular weight excluding hydrogens is 443 g/mol. The normalized spacial score (nSPS) is 13.1. The third-order valence-electron chi connectivity index (χ3n) is 5.91. The number of carbonyl (C=O) groups is 1. The van der Waals surface area contributed by atoms with Crippen LogP contribution in [-0.4, -0.2) is 27.6 Å². The van der Waals surface area contributed by atoms with Crippen molar-refractivity contribution in [1.29, 1.82) is 0 Å². The molecule has 0 saturated heterocycles. The fraction of sp³-hybridized carbons (Fsp3) is 0.240. The highest BCUT2D eigenvalue weighted by atomic mass is 35.5. The Bertz CT molecular complexity index is 1290. The van der Waals surface area contributed by atoms with Gasteiger partial charge in [0.2, 0.25) is 5.91 Å². The maximum absolute atomic E-state index is 14.3. The Balaban J connectivity index is 1.71. The molecule has 2 heterocycles. The maximum Gasteiger partial charge on any atom is 0.221 e. The topological polar surface area (TPSA) is 83.0 Å². The molecule has 2 aromatic heterocycles. The number of nitrogens with two attached hydrogens (primary N) is 1. The van der Waals surface area contributed by atoms with Crippen LogP contribution in [-0.2, 0) is 17.8 Å². The summed E-state index contributed by atoms with van der Waals surface area (Å²) in [4.78, 5) is 21.7. The molecule has 0 fully saturated rings. The zero-order valence-corrected chi connectivity index (χ0v) is 19.1. The van der Waals surface area contributed by atoms with Gasteiger partial charge in [-0.2, -0.15) is 0 Å². The number of carbonyl (C=O) groups excluding carboxylic acids is 1. The summed E-state index contributed by atoms with van der Waals surface area (Å²) in [7, 11) is 1.43. The van der Waals surface area contributed by atoms with Gasteiger partial charge in [-0.05, 0) is 53.4 Å². The first-order valence-corrected chi connectivity index (χ1v) is 10.9. The first-order chi connectivity index (χ1) is 15.9. The molecule has 0 aliphatic carbocycles. The summed E-state index contributed by atoms with van der Waals surface area (Å²) in [5.41, 5.74) is 8.86. The van der Waals surface area contributed by atoms with Gasteiger partial charge in [-0.25, -0.2) is 14.4 Å². The van der Waals surface area contributed by atoms with E-state index in [4.69, 9.17) is 27.1 Å². The third-order valence-corrected chi connectivity index (χ3v) is 6.16. The number of hydrogen-bond acceptors (Lipinski definition) is 4. The second kappa shape index (κ2) is 9.58. The molecule has 33 heavy (non-hydrogen) atoms. The Morgan fingerprint density at radius 3 is 2.64 bits per heavy atom. The van der Waals surface area contributed by atoms with E-state index in [0.29, 0.717) is 35.0 Å². The number of aromatic nitrogens is 3. The second-order valence-corrected chi connectivity index (χ2v) is 8.42. The van der Waals surface area contributed by atoms with Crippen molar-refractivity contribution in [3.05, 3.63) is 88.6 Å². The summed E-state index contributed by atoms with van der Waals surface area (Å²) < 4.78 is 21.2. The van der Waals surface area contributed by atoms with E-state index in [9.17, 15) is 9.18 Å². The molecule has 2 N–H and O–H groups in total. The van der Waals surface area contributed by atoms with E-state index in [1.54, 1.807) is 36.5 Å². The lowest BCUT2D eigenvalue weighted by molar-refractivity contribution is -0.122. The minimum atomic E-state index is -0.505. The van der Waals surface area contributed by atoms with Gasteiger partial charge < -0.3 is 15.0 Å². The molecule has 8 heteroatoms. The van der Waals surface area contributed by atoms with Gasteiger partial charge in [0.15, 0.2) is 17.2 Å². The SMILES string of the molecule is COc1ccc(Cn2c(CC(C(N)=O)[C@H](C)c3ccc(Cl)cc3)nc3cccnc32)cc1F. The lowest BCUT2D eigenvalue weighted by Crippen LogP contribution is -2.30. The van der Waals surface area contributed by atoms with Crippen molar-refractivity contribution >= 4 is 28.7 Å². The molecule has 4 rings (SSSR count). The second-order valence-electron chi connectivity index (χ2n) is 7.98. The number of ether oxygens (including phenoxy) is 1. The highest BCUT2D eigenvalue weighted by Gasteiger charge is 2.27. The third kappa shape index (κ3) is 4.83. The average molecular weight is 467 g/mol. The molecule has 0 aliphatic rings. The number of primary amides is 1. The number of pyridine rings is 1. The molecule has 0 bridgehead atoms. The largest absolute Gasteiger partial charge is 0.494 e. The van der Waals surface area contributed by atoms with Crippen LogP contribution in [0.4, 0.5) is 4.39 Å². The first kappa shape index (κ1) is 22.7. The van der Waals surface area contributed by atoms with Crippen LogP contribution in [0, 0.1) is 11.7 Å². The quantitative estimate of drug-likeness (QED) is 0.407. The predicted octanol–water partition coefficient (Wildman–Crippen LogP) is 4.73. The molecule has 0 aliphatic heterocycles. The van der Waals surface area contributed by atoms with E-state index in [2.05, 4.69) is 4.98 Å². The number of imidazole rings is 1. The van der Waals surface area contributed by atoms with Crippen molar-refractivity contribution in [2.75, 3.05) is 7.11 Å². The van der Waals surface area contributed by atoms with Crippen molar-refractivity contribution < 1.29 is 13.9 Å². The van der Waals surface area contributed by atoms with Crippen LogP contribution >= 0.6 is 11.6 Å². The van der Waals surface area contributed by atoms with E-state index >= 15 is 0 Å². The van der Waals surface area contributed by atoms with Crippen LogP contribution in [0.25, 0.3) is 11.2 Å². The molecule has 2 atom stereocenters. The van der Waals surface area contributed by atoms with Crippen molar-refractivity contribution in [2.45, 2.75) is 25.8 Å². The summed E-state index contributed by atoms with van der Waals surface area (Å²) in [6.45, 7) is 2.30. The van der Waals surface area contributed by atoms with E-state index in [1.807, 2.05) is 29.7 Å². The summed E-state index contributed by atoms with van der Waals surface area (Å²) in [6.07, 6.45) is 1.99. The number of benzene rings is 2. The van der Waals surface area contributed by atoms with Crippen LogP contribution in [0.15, 0.2) is 60.8 Å². The molecule has 6 nitrogen and oxygen atoms in total. The number of methoxy groups -OCH3 is 1. The van der Waals surface area contributed by atoms with E-state index < -0.39 is 17.6 Å². The molecule has 170 valence electrons. The van der Waals surface area contributed by atoms with E-state index in [-0.39, 0.29) is 11.7 Å². The lowest BCUT2D eigenvalue weighted by Gasteiger charge is -2.22. The summed E-state index contributed by atoms with van der Waals surface area (Å²) in [5.74, 6) is -0.684. The fourth-order valence-corrected chi connectivity index (χ4v) is 4.16. The van der Waals surface area contributed by atoms with Crippen LogP contribution in [0.1, 0.15) is 29.8 Å². The maximum atomic E-state index is 14.3. The number of nitrogens with zero attached hydrogens (tertiary/aromatic N) is 3. The molecular formula is C25H24ClFN4O2. The Kier molecular flexibility index (Phi) is 6.60. The minimum Gasteiger partial charge on any atom is -0.494 e. The van der Waals surface area contributed by atoms with Crippen LogP contribution in [0.3, 0.4) is 0 Å². The number of amides is 1. The summed E-state index contributed by atoms with van der Waals surface area (Å²) in [6, 6.07) is 15.9. The van der Waals surface area contributed by atoms with Gasteiger partial charge in [-0.15, -0.1) is 0 Å². The number of hydrogen-bond donors (Lipinski definition) is 1. The van der Waals surface area contributed by atoms with Gasteiger partial charge in [0, 0.05) is 17.6 Å². The summed E-state index contributed by atoms with van der Waals surface area (Å²) in [5, 5.41) is 0.626. The van der Waals surface area contributed by atoms with E-state index in [0.717, 1.165) is 11.1 Å². The van der Waals surface area contributed by atoms with Crippen LogP contribution < -0.4 is 10.5 Å². The van der Waals surface area contributed by atoms with Gasteiger partial charge in [-0.1, -0.05) is 36.7 Å². The fourth-order valence-electron chi connectivity index (χ4n) is 4.04. The monoisotopic (exact) mass is 466 g/mol. The number of fused-ring (bicyclic) bond motifs is 1. The Labute approximate surface area is 196 Å². The minimum absolute atomic E-state index is 0.153. The molecule has 1 amide bonds. The highest BCUT2D eigenvalue weighted by molar-refractivity contribution is 6.30. The van der Waals surface area contributed by atoms with Crippen LogP contribution in [0.2, 0.25) is 5.02 Å². The standard InChI is InChI=1S/C25H24ClFN4O2/c1-15(17-6-8-18(26)9-7-17)19(24(28)32)13-23-30-21-4-3-11-29-25(21)31(23)14-16-5-10-22(33-2)20(27)12-16/h3-12,15,19H,13-14H2,1-2H3,(H2,28,32)/t15-,19?/m1/s1. The smallest absolute Gasteiger partial charge is 0.221 e. The number of halogens is 2. The van der Waals surface area contributed by atoms with Crippen molar-refractivity contribution in [2.24, 2.45) is 11.7 Å². The Morgan fingerprint density at radius 2 is 1.97 bits per heavy atom. The molecule has 2 aromatic carbocycles. The molecule has 0 spiro atoms. The van der Waals surface area contributed by atoms with Crippen LogP contribution in [0.5, 0.6) is 5.75 Å². The van der Waals surface area contributed by atoms with Gasteiger partial charge in [0.25, 0.3) is 0 Å². The zero-order chi connectivity index (χ0) is 23.5. The number of rotatable bonds is 8. The Morgan fingerprint density at radius 1 is 1.21 bits per heavy atom. The van der Waals surface area contributed by atoms with Crippen molar-refractivity contribution in [1.82, 2.24) is 14.5 Å². The summed E-state index contributed by atoms with van der Waals surface area (Å²) >= 11 is 6.01. The zero-order valence-electron chi connectivity index (χ0n) is 18.3. The van der Waals surface area contributed by atoms with E-state index in [1.165, 1.54) is 13.2 Å². The van der Waals surface area contributed by atoms with Gasteiger partial charge >= 0.3 is 0 Å².